The number of nitrogens with one attached hydrogen (secondary N) is 1. The Morgan fingerprint density at radius 3 is 1.94 bits per heavy atom. The lowest BCUT2D eigenvalue weighted by molar-refractivity contribution is -0.157. The molecule has 0 unspecified atom stereocenters. The molecule has 0 spiro atoms. The van der Waals surface area contributed by atoms with Crippen LogP contribution in [-0.2, 0) is 25.2 Å². The molecule has 1 aromatic carbocycles. The number of halogens is 3. The Bertz CT molecular complexity index is 811. The number of anilines is 1. The molecule has 0 aliphatic rings. The van der Waals surface area contributed by atoms with E-state index in [1.165, 1.54) is 7.05 Å². The van der Waals surface area contributed by atoms with Crippen LogP contribution in [0.15, 0.2) is 24.3 Å². The highest BCUT2D eigenvalue weighted by Gasteiger charge is 2.36. The zero-order valence-corrected chi connectivity index (χ0v) is 19.1. The molecule has 180 valence electrons. The predicted molar refractivity (Wildman–Crippen MR) is 110 cm³/mol. The summed E-state index contributed by atoms with van der Waals surface area (Å²) in [7, 11) is 1.29. The first-order valence-corrected chi connectivity index (χ1v) is 9.65. The molecule has 0 radical (unpaired) electrons. The minimum absolute atomic E-state index is 0.147. The summed E-state index contributed by atoms with van der Waals surface area (Å²) < 4.78 is 52.9. The maximum absolute atomic E-state index is 12.6. The third-order valence-corrected chi connectivity index (χ3v) is 4.00. The summed E-state index contributed by atoms with van der Waals surface area (Å²) in [4.78, 5) is 37.5. The number of alkyl carbamates (subject to hydrolysis) is 1. The Balaban J connectivity index is 2.67. The van der Waals surface area contributed by atoms with E-state index in [0.29, 0.717) is 0 Å². The number of nitrogens with zero attached hydrogens (tertiary/aromatic N) is 1. The molecule has 0 aromatic heterocycles. The van der Waals surface area contributed by atoms with E-state index in [0.717, 1.165) is 29.2 Å². The van der Waals surface area contributed by atoms with Crippen LogP contribution in [0.1, 0.15) is 47.1 Å². The molecule has 0 bridgehead atoms. The van der Waals surface area contributed by atoms with Gasteiger partial charge in [0.1, 0.15) is 11.6 Å². The SMILES string of the molecule is CN(C(=O)OCOC(=O)[C@@H](NC(=O)OC(C)(C)C)C(C)(C)C)c1ccc(C(F)(F)F)cc1. The Kier molecular flexibility index (Phi) is 8.53. The number of hydrogen-bond acceptors (Lipinski definition) is 6. The second-order valence-electron chi connectivity index (χ2n) is 9.04. The summed E-state index contributed by atoms with van der Waals surface area (Å²) in [5.74, 6) is -0.853. The van der Waals surface area contributed by atoms with Gasteiger partial charge in [-0.05, 0) is 50.5 Å². The van der Waals surface area contributed by atoms with Gasteiger partial charge in [0.05, 0.1) is 5.56 Å². The van der Waals surface area contributed by atoms with Crippen LogP contribution in [0.2, 0.25) is 0 Å². The zero-order chi connectivity index (χ0) is 24.9. The molecule has 1 N–H and O–H groups in total. The van der Waals surface area contributed by atoms with Crippen LogP contribution in [0.3, 0.4) is 0 Å². The molecule has 11 heteroatoms. The quantitative estimate of drug-likeness (QED) is 0.503. The molecule has 2 amide bonds. The monoisotopic (exact) mass is 462 g/mol. The van der Waals surface area contributed by atoms with Crippen molar-refractivity contribution in [3.63, 3.8) is 0 Å². The fourth-order valence-corrected chi connectivity index (χ4v) is 2.35. The highest BCUT2D eigenvalue weighted by Crippen LogP contribution is 2.30. The van der Waals surface area contributed by atoms with Gasteiger partial charge in [0, 0.05) is 12.7 Å². The first kappa shape index (κ1) is 27.1. The summed E-state index contributed by atoms with van der Waals surface area (Å²) in [6.07, 6.45) is -6.26. The van der Waals surface area contributed by atoms with Gasteiger partial charge in [0.2, 0.25) is 6.79 Å². The summed E-state index contributed by atoms with van der Waals surface area (Å²) in [5, 5.41) is 2.44. The van der Waals surface area contributed by atoms with Gasteiger partial charge in [-0.2, -0.15) is 13.2 Å². The van der Waals surface area contributed by atoms with Crippen molar-refractivity contribution < 1.29 is 41.8 Å². The Labute approximate surface area is 185 Å². The number of esters is 1. The average Bonchev–Trinajstić information content (AvgIpc) is 2.62. The Morgan fingerprint density at radius 1 is 0.969 bits per heavy atom. The van der Waals surface area contributed by atoms with E-state index in [9.17, 15) is 27.6 Å². The minimum Gasteiger partial charge on any atom is -0.444 e. The number of benzene rings is 1. The molecule has 1 aromatic rings. The van der Waals surface area contributed by atoms with Crippen molar-refractivity contribution in [2.24, 2.45) is 5.41 Å². The third kappa shape index (κ3) is 8.64. The largest absolute Gasteiger partial charge is 0.444 e. The molecule has 1 atom stereocenters. The highest BCUT2D eigenvalue weighted by atomic mass is 19.4. The van der Waals surface area contributed by atoms with E-state index < -0.39 is 53.7 Å². The molecule has 0 saturated carbocycles. The van der Waals surface area contributed by atoms with Crippen LogP contribution in [-0.4, -0.2) is 43.6 Å². The van der Waals surface area contributed by atoms with Crippen molar-refractivity contribution in [1.82, 2.24) is 5.32 Å². The lowest BCUT2D eigenvalue weighted by atomic mass is 9.87. The molecule has 0 aliphatic carbocycles. The number of ether oxygens (including phenoxy) is 3. The zero-order valence-electron chi connectivity index (χ0n) is 19.1. The van der Waals surface area contributed by atoms with Crippen LogP contribution >= 0.6 is 0 Å². The lowest BCUT2D eigenvalue weighted by Crippen LogP contribution is -2.51. The van der Waals surface area contributed by atoms with Gasteiger partial charge in [-0.25, -0.2) is 14.4 Å². The van der Waals surface area contributed by atoms with Crippen molar-refractivity contribution in [3.05, 3.63) is 29.8 Å². The summed E-state index contributed by atoms with van der Waals surface area (Å²) in [5.41, 5.74) is -2.22. The molecule has 1 rings (SSSR count). The number of rotatable bonds is 5. The number of amides is 2. The van der Waals surface area contributed by atoms with Crippen molar-refractivity contribution in [1.29, 1.82) is 0 Å². The van der Waals surface area contributed by atoms with Gasteiger partial charge < -0.3 is 19.5 Å². The van der Waals surface area contributed by atoms with Gasteiger partial charge >= 0.3 is 24.3 Å². The van der Waals surface area contributed by atoms with Crippen LogP contribution in [0, 0.1) is 5.41 Å². The van der Waals surface area contributed by atoms with E-state index >= 15 is 0 Å². The van der Waals surface area contributed by atoms with Gasteiger partial charge in [0.15, 0.2) is 0 Å². The molecule has 32 heavy (non-hydrogen) atoms. The van der Waals surface area contributed by atoms with Crippen molar-refractivity contribution in [2.75, 3.05) is 18.7 Å². The molecular weight excluding hydrogens is 433 g/mol. The van der Waals surface area contributed by atoms with E-state index in [4.69, 9.17) is 14.2 Å². The van der Waals surface area contributed by atoms with Crippen LogP contribution < -0.4 is 10.2 Å². The molecule has 0 saturated heterocycles. The molecule has 0 heterocycles. The predicted octanol–water partition coefficient (Wildman–Crippen LogP) is 4.72. The Morgan fingerprint density at radius 2 is 1.50 bits per heavy atom. The van der Waals surface area contributed by atoms with E-state index in [-0.39, 0.29) is 5.69 Å². The lowest BCUT2D eigenvalue weighted by Gasteiger charge is -2.30. The normalized spacial score (nSPS) is 13.1. The van der Waals surface area contributed by atoms with Crippen LogP contribution in [0.25, 0.3) is 0 Å². The van der Waals surface area contributed by atoms with E-state index in [1.54, 1.807) is 41.5 Å². The van der Waals surface area contributed by atoms with Gasteiger partial charge in [0.25, 0.3) is 0 Å². The second kappa shape index (κ2) is 10.1. The van der Waals surface area contributed by atoms with Gasteiger partial charge in [-0.15, -0.1) is 0 Å². The first-order valence-electron chi connectivity index (χ1n) is 9.65. The van der Waals surface area contributed by atoms with Crippen molar-refractivity contribution in [3.8, 4) is 0 Å². The van der Waals surface area contributed by atoms with Gasteiger partial charge in [-0.3, -0.25) is 4.90 Å². The fourth-order valence-electron chi connectivity index (χ4n) is 2.35. The number of hydrogen-bond donors (Lipinski definition) is 1. The first-order chi connectivity index (χ1) is 14.4. The maximum Gasteiger partial charge on any atom is 0.416 e. The fraction of sp³-hybridized carbons (Fsp3) is 0.571. The maximum atomic E-state index is 12.6. The minimum atomic E-state index is -4.50. The number of carbonyl (C=O) groups excluding carboxylic acids is 3. The molecule has 0 aliphatic heterocycles. The average molecular weight is 462 g/mol. The van der Waals surface area contributed by atoms with E-state index in [2.05, 4.69) is 5.32 Å². The van der Waals surface area contributed by atoms with Gasteiger partial charge in [-0.1, -0.05) is 20.8 Å². The summed E-state index contributed by atoms with van der Waals surface area (Å²) in [6.45, 7) is 9.34. The van der Waals surface area contributed by atoms with Crippen LogP contribution in [0.4, 0.5) is 28.4 Å². The topological polar surface area (TPSA) is 94.2 Å². The van der Waals surface area contributed by atoms with Crippen molar-refractivity contribution >= 4 is 23.8 Å². The van der Waals surface area contributed by atoms with Crippen LogP contribution in [0.5, 0.6) is 0 Å². The third-order valence-electron chi connectivity index (χ3n) is 4.00. The van der Waals surface area contributed by atoms with E-state index in [1.807, 2.05) is 0 Å². The Hall–Kier alpha value is -2.98. The molecule has 0 fully saturated rings. The van der Waals surface area contributed by atoms with Crippen molar-refractivity contribution in [2.45, 2.75) is 59.4 Å². The molecular formula is C21H29F3N2O6. The molecule has 8 nitrogen and oxygen atoms in total. The number of alkyl halides is 3. The standard InChI is InChI=1S/C21H29F3N2O6/c1-19(2,3)15(25-17(28)32-20(4,5)6)16(27)30-12-31-18(29)26(7)14-10-8-13(9-11-14)21(22,23)24/h8-11,15H,12H2,1-7H3,(H,25,28)/t15-/m1/s1. The summed E-state index contributed by atoms with van der Waals surface area (Å²) >= 11 is 0. The number of carbonyl (C=O) groups is 3. The second-order valence-corrected chi connectivity index (χ2v) is 9.04. The highest BCUT2D eigenvalue weighted by molar-refractivity contribution is 5.87. The smallest absolute Gasteiger partial charge is 0.416 e. The summed E-state index contributed by atoms with van der Waals surface area (Å²) in [6, 6.07) is 2.78.